The van der Waals surface area contributed by atoms with Gasteiger partial charge < -0.3 is 9.47 Å². The molecule has 33 heavy (non-hydrogen) atoms. The molecule has 0 aliphatic heterocycles. The van der Waals surface area contributed by atoms with Crippen LogP contribution < -0.4 is 25.0 Å². The van der Waals surface area contributed by atoms with Crippen molar-refractivity contribution in [3.05, 3.63) is 108 Å². The topological polar surface area (TPSA) is 42.5 Å². The highest BCUT2D eigenvalue weighted by atomic mass is 16.5. The van der Waals surface area contributed by atoms with Crippen LogP contribution >= 0.6 is 0 Å². The van der Waals surface area contributed by atoms with Crippen LogP contribution in [0.3, 0.4) is 0 Å². The Bertz CT molecular complexity index is 1070. The fourth-order valence-electron chi connectivity index (χ4n) is 3.74. The van der Waals surface area contributed by atoms with Crippen molar-refractivity contribution < 1.29 is 9.47 Å². The summed E-state index contributed by atoms with van der Waals surface area (Å²) in [4.78, 5) is 0. The van der Waals surface area contributed by atoms with Gasteiger partial charge in [-0.15, -0.1) is 15.6 Å². The van der Waals surface area contributed by atoms with Crippen LogP contribution in [-0.4, -0.2) is 14.1 Å². The highest BCUT2D eigenvalue weighted by Gasteiger charge is 2.32. The molecule has 168 valence electrons. The molecule has 4 aromatic carbocycles. The van der Waals surface area contributed by atoms with Crippen molar-refractivity contribution in [3.63, 3.8) is 0 Å². The Morgan fingerprint density at radius 2 is 0.727 bits per heavy atom. The third-order valence-corrected chi connectivity index (χ3v) is 5.63. The number of hydrogen-bond acceptors (Lipinski definition) is 4. The van der Waals surface area contributed by atoms with E-state index in [1.165, 1.54) is 11.1 Å². The molecule has 4 rings (SSSR count). The standard InChI is InChI=1S/C28H30N3O2/c1-21-5-13-25(14-6-21)32-27-17-9-23(10-18-27)31(29-3,30-4)24-11-19-28(20-12-24)33-26-15-7-22(2)8-16-26/h5-20,29-30H,1-4H3/q+1. The second-order valence-electron chi connectivity index (χ2n) is 7.94. The summed E-state index contributed by atoms with van der Waals surface area (Å²) < 4.78 is 12.2. The summed E-state index contributed by atoms with van der Waals surface area (Å²) in [6.45, 7) is 4.12. The Morgan fingerprint density at radius 3 is 1.00 bits per heavy atom. The summed E-state index contributed by atoms with van der Waals surface area (Å²) in [7, 11) is 3.84. The molecular formula is C28H30N3O2+. The van der Waals surface area contributed by atoms with Crippen LogP contribution in [0.15, 0.2) is 97.1 Å². The predicted molar refractivity (Wildman–Crippen MR) is 135 cm³/mol. The monoisotopic (exact) mass is 440 g/mol. The molecule has 0 unspecified atom stereocenters. The third kappa shape index (κ3) is 5.07. The SMILES string of the molecule is CN[N+](NC)(c1ccc(Oc2ccc(C)cc2)cc1)c1ccc(Oc2ccc(C)cc2)cc1. The normalized spacial score (nSPS) is 11.3. The number of nitrogens with zero attached hydrogens (tertiary/aromatic N) is 1. The second kappa shape index (κ2) is 9.88. The molecule has 5 heteroatoms. The molecule has 0 atom stereocenters. The summed E-state index contributed by atoms with van der Waals surface area (Å²) in [5, 5.41) is 0. The Hall–Kier alpha value is -3.64. The zero-order valence-electron chi connectivity index (χ0n) is 19.5. The number of ether oxygens (including phenoxy) is 2. The van der Waals surface area contributed by atoms with E-state index in [-0.39, 0.29) is 4.70 Å². The van der Waals surface area contributed by atoms with E-state index in [1.807, 2.05) is 111 Å². The van der Waals surface area contributed by atoms with Gasteiger partial charge in [-0.2, -0.15) is 0 Å². The number of rotatable bonds is 8. The quantitative estimate of drug-likeness (QED) is 0.234. The maximum absolute atomic E-state index is 5.99. The van der Waals surface area contributed by atoms with E-state index in [0.29, 0.717) is 0 Å². The molecule has 0 radical (unpaired) electrons. The smallest absolute Gasteiger partial charge is 0.177 e. The van der Waals surface area contributed by atoms with Crippen LogP contribution in [0.2, 0.25) is 0 Å². The minimum atomic E-state index is 0.260. The van der Waals surface area contributed by atoms with Gasteiger partial charge in [0.1, 0.15) is 23.0 Å². The molecular weight excluding hydrogens is 410 g/mol. The fourth-order valence-corrected chi connectivity index (χ4v) is 3.74. The molecule has 0 aliphatic rings. The van der Waals surface area contributed by atoms with Crippen LogP contribution in [0.25, 0.3) is 0 Å². The average molecular weight is 441 g/mol. The van der Waals surface area contributed by atoms with Gasteiger partial charge >= 0.3 is 0 Å². The minimum Gasteiger partial charge on any atom is -0.457 e. The zero-order valence-corrected chi connectivity index (χ0v) is 19.5. The van der Waals surface area contributed by atoms with Gasteiger partial charge in [-0.1, -0.05) is 35.4 Å². The number of nitrogens with one attached hydrogen (secondary N) is 2. The molecule has 0 fully saturated rings. The van der Waals surface area contributed by atoms with Crippen LogP contribution in [0.5, 0.6) is 23.0 Å². The highest BCUT2D eigenvalue weighted by molar-refractivity contribution is 5.58. The molecule has 0 heterocycles. The second-order valence-corrected chi connectivity index (χ2v) is 7.94. The lowest BCUT2D eigenvalue weighted by molar-refractivity contribution is 0.239. The van der Waals surface area contributed by atoms with Gasteiger partial charge in [-0.25, -0.2) is 0 Å². The van der Waals surface area contributed by atoms with Gasteiger partial charge in [-0.05, 0) is 62.4 Å². The first-order chi connectivity index (χ1) is 16.0. The van der Waals surface area contributed by atoms with Gasteiger partial charge in [0.15, 0.2) is 11.4 Å². The Balaban J connectivity index is 1.54. The van der Waals surface area contributed by atoms with Gasteiger partial charge in [0.25, 0.3) is 0 Å². The summed E-state index contributed by atoms with van der Waals surface area (Å²) in [6.07, 6.45) is 0. The largest absolute Gasteiger partial charge is 0.457 e. The number of aryl methyl sites for hydroxylation is 2. The molecule has 0 spiro atoms. The van der Waals surface area contributed by atoms with E-state index in [4.69, 9.17) is 9.47 Å². The Labute approximate surface area is 195 Å². The summed E-state index contributed by atoms with van der Waals surface area (Å²) >= 11 is 0. The van der Waals surface area contributed by atoms with Gasteiger partial charge in [0.2, 0.25) is 0 Å². The Morgan fingerprint density at radius 1 is 0.455 bits per heavy atom. The molecule has 5 nitrogen and oxygen atoms in total. The van der Waals surface area contributed by atoms with Crippen molar-refractivity contribution in [2.45, 2.75) is 13.8 Å². The molecule has 0 bridgehead atoms. The van der Waals surface area contributed by atoms with E-state index in [2.05, 4.69) is 24.7 Å². The van der Waals surface area contributed by atoms with Crippen molar-refractivity contribution in [3.8, 4) is 23.0 Å². The first kappa shape index (κ1) is 22.6. The zero-order chi connectivity index (χ0) is 23.3. The molecule has 0 saturated carbocycles. The fraction of sp³-hybridized carbons (Fsp3) is 0.143. The van der Waals surface area contributed by atoms with Crippen LogP contribution in [0.4, 0.5) is 11.4 Å². The third-order valence-electron chi connectivity index (χ3n) is 5.63. The van der Waals surface area contributed by atoms with Crippen molar-refractivity contribution >= 4 is 11.4 Å². The van der Waals surface area contributed by atoms with E-state index in [1.54, 1.807) is 0 Å². The molecule has 0 saturated heterocycles. The molecule has 4 aromatic rings. The predicted octanol–water partition coefficient (Wildman–Crippen LogP) is 6.80. The summed E-state index contributed by atoms with van der Waals surface area (Å²) in [5.74, 6) is 3.21. The summed E-state index contributed by atoms with van der Waals surface area (Å²) in [5.41, 5.74) is 11.2. The van der Waals surface area contributed by atoms with Gasteiger partial charge in [0.05, 0.1) is 0 Å². The van der Waals surface area contributed by atoms with E-state index < -0.39 is 0 Å². The van der Waals surface area contributed by atoms with Crippen LogP contribution in [-0.2, 0) is 0 Å². The number of benzene rings is 4. The van der Waals surface area contributed by atoms with Crippen molar-refractivity contribution in [1.29, 1.82) is 0 Å². The number of quaternary nitrogens is 1. The minimum absolute atomic E-state index is 0.260. The van der Waals surface area contributed by atoms with Crippen molar-refractivity contribution in [2.24, 2.45) is 0 Å². The van der Waals surface area contributed by atoms with Crippen LogP contribution in [0.1, 0.15) is 11.1 Å². The first-order valence-corrected chi connectivity index (χ1v) is 11.0. The molecule has 0 aliphatic carbocycles. The maximum atomic E-state index is 5.99. The lowest BCUT2D eigenvalue weighted by Crippen LogP contribution is -2.61. The van der Waals surface area contributed by atoms with Crippen molar-refractivity contribution in [2.75, 3.05) is 14.1 Å². The molecule has 0 aromatic heterocycles. The average Bonchev–Trinajstić information content (AvgIpc) is 2.85. The first-order valence-electron chi connectivity index (χ1n) is 11.0. The highest BCUT2D eigenvalue weighted by Crippen LogP contribution is 2.34. The molecule has 0 amide bonds. The lowest BCUT2D eigenvalue weighted by atomic mass is 10.2. The molecule has 2 N–H and O–H groups in total. The van der Waals surface area contributed by atoms with Gasteiger partial charge in [-0.3, -0.25) is 0 Å². The van der Waals surface area contributed by atoms with E-state index in [0.717, 1.165) is 34.4 Å². The summed E-state index contributed by atoms with van der Waals surface area (Å²) in [6, 6.07) is 32.2. The van der Waals surface area contributed by atoms with E-state index >= 15 is 0 Å². The van der Waals surface area contributed by atoms with Crippen molar-refractivity contribution in [1.82, 2.24) is 15.6 Å². The lowest BCUT2D eigenvalue weighted by Gasteiger charge is -2.33. The van der Waals surface area contributed by atoms with Crippen LogP contribution in [0, 0.1) is 13.8 Å². The Kier molecular flexibility index (Phi) is 6.75. The maximum Gasteiger partial charge on any atom is 0.177 e. The number of hydrogen-bond donors (Lipinski definition) is 2. The van der Waals surface area contributed by atoms with E-state index in [9.17, 15) is 0 Å². The van der Waals surface area contributed by atoms with Gasteiger partial charge in [0, 0.05) is 38.4 Å².